The minimum atomic E-state index is -1.52. The standard InChI is InChI=1S/C39H61NSi/c1-26-25-34-29(27-15-6-4-7-16-27)22-14-23-32(34)38(26)41(2,3)39-31-20-11-10-19-30(31)37-36(39)33-21-12-13-24-35(33)40(37)28-17-8-5-9-18-28/h5,8-9,17-18,26-27,29-39H,4,6-7,10-16,19-25H2,1-3H3/t26?,29-,30?,31?,32?,33?,34?,35?,36?,37?,38?,39?/m1/s1. The summed E-state index contributed by atoms with van der Waals surface area (Å²) < 4.78 is 0. The normalized spacial score (nSPS) is 46.6. The van der Waals surface area contributed by atoms with Crippen molar-refractivity contribution in [3.8, 4) is 0 Å². The van der Waals surface area contributed by atoms with Gasteiger partial charge in [-0.1, -0.05) is 115 Å². The van der Waals surface area contributed by atoms with E-state index in [-0.39, 0.29) is 0 Å². The number of nitrogens with zero attached hydrogens (tertiary/aromatic N) is 1. The van der Waals surface area contributed by atoms with Gasteiger partial charge < -0.3 is 4.90 Å². The third-order valence-corrected chi connectivity index (χ3v) is 20.7. The van der Waals surface area contributed by atoms with Gasteiger partial charge in [-0.3, -0.25) is 0 Å². The predicted molar refractivity (Wildman–Crippen MR) is 177 cm³/mol. The Morgan fingerprint density at radius 3 is 1.98 bits per heavy atom. The fourth-order valence-electron chi connectivity index (χ4n) is 14.7. The highest BCUT2D eigenvalue weighted by Crippen LogP contribution is 2.70. The summed E-state index contributed by atoms with van der Waals surface area (Å²) in [6, 6.07) is 13.6. The number of hydrogen-bond donors (Lipinski definition) is 0. The number of para-hydroxylation sites is 1. The first-order valence-electron chi connectivity index (χ1n) is 18.9. The molecule has 7 fully saturated rings. The van der Waals surface area contributed by atoms with Crippen molar-refractivity contribution in [1.29, 1.82) is 0 Å². The monoisotopic (exact) mass is 571 g/mol. The molecule has 1 saturated heterocycles. The lowest BCUT2D eigenvalue weighted by molar-refractivity contribution is 0.0976. The van der Waals surface area contributed by atoms with E-state index in [1.807, 2.05) is 0 Å². The van der Waals surface area contributed by atoms with E-state index in [1.54, 1.807) is 50.6 Å². The zero-order valence-electron chi connectivity index (χ0n) is 26.9. The Morgan fingerprint density at radius 2 is 1.20 bits per heavy atom. The Balaban J connectivity index is 1.16. The second-order valence-corrected chi connectivity index (χ2v) is 22.3. The van der Waals surface area contributed by atoms with Crippen LogP contribution < -0.4 is 4.90 Å². The zero-order chi connectivity index (χ0) is 27.7. The summed E-state index contributed by atoms with van der Waals surface area (Å²) in [5.74, 6) is 9.34. The summed E-state index contributed by atoms with van der Waals surface area (Å²) in [4.78, 5) is 3.11. The third kappa shape index (κ3) is 4.40. The topological polar surface area (TPSA) is 3.24 Å². The number of rotatable bonds is 4. The van der Waals surface area contributed by atoms with Crippen LogP contribution in [-0.2, 0) is 0 Å². The van der Waals surface area contributed by atoms with E-state index < -0.39 is 8.07 Å². The smallest absolute Gasteiger partial charge is 0.0547 e. The minimum Gasteiger partial charge on any atom is -0.365 e. The molecule has 12 atom stereocenters. The maximum Gasteiger partial charge on any atom is 0.0547 e. The summed E-state index contributed by atoms with van der Waals surface area (Å²) in [6.07, 6.45) is 26.2. The first kappa shape index (κ1) is 27.8. The van der Waals surface area contributed by atoms with Gasteiger partial charge in [0.05, 0.1) is 8.07 Å². The van der Waals surface area contributed by atoms with E-state index in [9.17, 15) is 0 Å². The van der Waals surface area contributed by atoms with Crippen LogP contribution in [0.4, 0.5) is 5.69 Å². The van der Waals surface area contributed by atoms with E-state index in [1.165, 1.54) is 64.2 Å². The largest absolute Gasteiger partial charge is 0.365 e. The van der Waals surface area contributed by atoms with Crippen molar-refractivity contribution in [3.05, 3.63) is 30.3 Å². The predicted octanol–water partition coefficient (Wildman–Crippen LogP) is 11.0. The van der Waals surface area contributed by atoms with Crippen molar-refractivity contribution in [3.63, 3.8) is 0 Å². The van der Waals surface area contributed by atoms with Crippen molar-refractivity contribution < 1.29 is 0 Å². The van der Waals surface area contributed by atoms with Gasteiger partial charge in [-0.15, -0.1) is 0 Å². The molecule has 1 aromatic carbocycles. The maximum atomic E-state index is 3.11. The molecule has 0 spiro atoms. The molecule has 41 heavy (non-hydrogen) atoms. The van der Waals surface area contributed by atoms with Crippen molar-refractivity contribution >= 4 is 13.8 Å². The summed E-state index contributed by atoms with van der Waals surface area (Å²) in [5.41, 5.74) is 3.76. The highest BCUT2D eigenvalue weighted by Gasteiger charge is 2.67. The average molecular weight is 572 g/mol. The number of fused-ring (bicyclic) bond motifs is 6. The van der Waals surface area contributed by atoms with Gasteiger partial charge in [-0.05, 0) is 109 Å². The Labute approximate surface area is 254 Å². The molecule has 1 aromatic rings. The van der Waals surface area contributed by atoms with E-state index in [4.69, 9.17) is 0 Å². The lowest BCUT2D eigenvalue weighted by atomic mass is 9.65. The van der Waals surface area contributed by atoms with E-state index in [0.717, 1.165) is 76.4 Å². The molecule has 1 heterocycles. The molecule has 6 aliphatic carbocycles. The van der Waals surface area contributed by atoms with Crippen LogP contribution in [0.1, 0.15) is 116 Å². The summed E-state index contributed by atoms with van der Waals surface area (Å²) in [5, 5.41) is 0. The molecule has 11 unspecified atom stereocenters. The van der Waals surface area contributed by atoms with Crippen LogP contribution in [0.3, 0.4) is 0 Å². The third-order valence-electron chi connectivity index (χ3n) is 15.5. The molecule has 8 rings (SSSR count). The molecular formula is C39H61NSi. The van der Waals surface area contributed by atoms with E-state index in [2.05, 4.69) is 55.2 Å². The first-order chi connectivity index (χ1) is 20.1. The molecule has 226 valence electrons. The van der Waals surface area contributed by atoms with Gasteiger partial charge in [0.15, 0.2) is 0 Å². The van der Waals surface area contributed by atoms with Gasteiger partial charge in [0, 0.05) is 17.8 Å². The van der Waals surface area contributed by atoms with Crippen LogP contribution in [0.2, 0.25) is 24.2 Å². The molecule has 1 aliphatic heterocycles. The molecule has 0 bridgehead atoms. The van der Waals surface area contributed by atoms with Crippen LogP contribution in [0.25, 0.3) is 0 Å². The molecule has 1 nitrogen and oxygen atoms in total. The van der Waals surface area contributed by atoms with Gasteiger partial charge in [-0.25, -0.2) is 0 Å². The van der Waals surface area contributed by atoms with Gasteiger partial charge >= 0.3 is 0 Å². The van der Waals surface area contributed by atoms with Gasteiger partial charge in [0.1, 0.15) is 0 Å². The Morgan fingerprint density at radius 1 is 0.585 bits per heavy atom. The lowest BCUT2D eigenvalue weighted by Crippen LogP contribution is -2.49. The molecular weight excluding hydrogens is 511 g/mol. The highest BCUT2D eigenvalue weighted by molar-refractivity contribution is 6.80. The van der Waals surface area contributed by atoms with Crippen molar-refractivity contribution in [2.75, 3.05) is 4.90 Å². The lowest BCUT2D eigenvalue weighted by Gasteiger charge is -2.50. The average Bonchev–Trinajstić information content (AvgIpc) is 3.65. The maximum absolute atomic E-state index is 3.11. The van der Waals surface area contributed by atoms with Crippen molar-refractivity contribution in [2.45, 2.75) is 152 Å². The zero-order valence-corrected chi connectivity index (χ0v) is 27.9. The molecule has 0 amide bonds. The molecule has 0 aromatic heterocycles. The first-order valence-corrected chi connectivity index (χ1v) is 22.0. The highest BCUT2D eigenvalue weighted by atomic mass is 28.3. The van der Waals surface area contributed by atoms with E-state index in [0.29, 0.717) is 0 Å². The van der Waals surface area contributed by atoms with Crippen molar-refractivity contribution in [1.82, 2.24) is 0 Å². The molecule has 7 aliphatic rings. The molecule has 2 heteroatoms. The number of benzene rings is 1. The molecule has 0 radical (unpaired) electrons. The quantitative estimate of drug-likeness (QED) is 0.325. The van der Waals surface area contributed by atoms with E-state index >= 15 is 0 Å². The number of anilines is 1. The Bertz CT molecular complexity index is 1040. The van der Waals surface area contributed by atoms with Crippen LogP contribution >= 0.6 is 0 Å². The SMILES string of the molecule is CC1CC2C(CCC[C@@H]2C2CCCCC2)C1[Si](C)(C)C1C2CCCCC2C2C1C1CCCCC1N2c1ccccc1. The van der Waals surface area contributed by atoms with Crippen LogP contribution in [0, 0.1) is 53.3 Å². The fourth-order valence-corrected chi connectivity index (χ4v) is 21.2. The van der Waals surface area contributed by atoms with Crippen LogP contribution in [-0.4, -0.2) is 20.2 Å². The molecule has 0 N–H and O–H groups in total. The Kier molecular flexibility index (Phi) is 7.44. The minimum absolute atomic E-state index is 0.829. The van der Waals surface area contributed by atoms with Crippen molar-refractivity contribution in [2.24, 2.45) is 53.3 Å². The fraction of sp³-hybridized carbons (Fsp3) is 0.846. The summed E-state index contributed by atoms with van der Waals surface area (Å²) >= 11 is 0. The van der Waals surface area contributed by atoms with Gasteiger partial charge in [0.25, 0.3) is 0 Å². The van der Waals surface area contributed by atoms with Gasteiger partial charge in [0.2, 0.25) is 0 Å². The Hall–Kier alpha value is -0.763. The second kappa shape index (κ2) is 11.0. The van der Waals surface area contributed by atoms with Crippen LogP contribution in [0.5, 0.6) is 0 Å². The molecule has 6 saturated carbocycles. The number of hydrogen-bond acceptors (Lipinski definition) is 1. The summed E-state index contributed by atoms with van der Waals surface area (Å²) in [7, 11) is -1.52. The van der Waals surface area contributed by atoms with Gasteiger partial charge in [-0.2, -0.15) is 0 Å². The van der Waals surface area contributed by atoms with Crippen LogP contribution in [0.15, 0.2) is 30.3 Å². The summed E-state index contributed by atoms with van der Waals surface area (Å²) in [6.45, 7) is 8.78. The second-order valence-electron chi connectivity index (χ2n) is 17.3.